The second-order valence-electron chi connectivity index (χ2n) is 4.49. The summed E-state index contributed by atoms with van der Waals surface area (Å²) in [7, 11) is -1.17. The molecule has 0 spiro atoms. The van der Waals surface area contributed by atoms with Gasteiger partial charge in [0, 0.05) is 0 Å². The van der Waals surface area contributed by atoms with E-state index in [4.69, 9.17) is 5.26 Å². The molecule has 1 nitrogen and oxygen atoms in total. The third kappa shape index (κ3) is 3.57. The molecular weight excluding hydrogens is 222 g/mol. The summed E-state index contributed by atoms with van der Waals surface area (Å²) in [5.41, 5.74) is 4.40. The zero-order valence-corrected chi connectivity index (χ0v) is 12.0. The quantitative estimate of drug-likeness (QED) is 0.692. The largest absolute Gasteiger partial charge is 0.192 e. The third-order valence-corrected chi connectivity index (χ3v) is 8.88. The van der Waals surface area contributed by atoms with Crippen molar-refractivity contribution in [1.29, 1.82) is 5.26 Å². The first-order valence-corrected chi connectivity index (χ1v) is 9.09. The summed E-state index contributed by atoms with van der Waals surface area (Å²) in [5, 5.41) is 8.74. The lowest BCUT2D eigenvalue weighted by molar-refractivity contribution is 1.20. The van der Waals surface area contributed by atoms with Crippen LogP contribution in [0.1, 0.15) is 31.9 Å². The van der Waals surface area contributed by atoms with Gasteiger partial charge in [0.2, 0.25) is 0 Å². The second kappa shape index (κ2) is 6.41. The van der Waals surface area contributed by atoms with Gasteiger partial charge in [-0.25, -0.2) is 0 Å². The highest BCUT2D eigenvalue weighted by Crippen LogP contribution is 2.22. The summed E-state index contributed by atoms with van der Waals surface area (Å²) >= 11 is 0. The molecule has 2 heteroatoms. The molecule has 0 saturated carbocycles. The van der Waals surface area contributed by atoms with Crippen molar-refractivity contribution < 1.29 is 0 Å². The van der Waals surface area contributed by atoms with Gasteiger partial charge in [0.05, 0.1) is 19.7 Å². The molecule has 1 aromatic carbocycles. The summed E-state index contributed by atoms with van der Waals surface area (Å²) in [5.74, 6) is 0. The number of hydrogen-bond acceptors (Lipinski definition) is 1. The van der Waals surface area contributed by atoms with E-state index in [1.807, 2.05) is 24.3 Å². The summed E-state index contributed by atoms with van der Waals surface area (Å²) in [6, 6.07) is 13.9. The van der Waals surface area contributed by atoms with Crippen molar-refractivity contribution in [2.45, 2.75) is 38.9 Å². The van der Waals surface area contributed by atoms with Gasteiger partial charge in [-0.15, -0.1) is 0 Å². The molecule has 0 atom stereocenters. The predicted octanol–water partition coefficient (Wildman–Crippen LogP) is 4.62. The van der Waals surface area contributed by atoms with Gasteiger partial charge < -0.3 is 0 Å². The van der Waals surface area contributed by atoms with Crippen LogP contribution in [-0.4, -0.2) is 8.07 Å². The lowest BCUT2D eigenvalue weighted by atomic mass is 10.1. The van der Waals surface area contributed by atoms with Gasteiger partial charge in [-0.1, -0.05) is 62.8 Å². The SMILES string of the molecule is CC[Si](/C=C/c1ccc(C#N)cc1)(CC)CC. The molecular formula is C15H21NSi. The van der Waals surface area contributed by atoms with Crippen molar-refractivity contribution in [3.63, 3.8) is 0 Å². The standard InChI is InChI=1S/C15H21NSi/c1-4-17(5-2,6-3)12-11-14-7-9-15(13-16)10-8-14/h7-12H,4-6H2,1-3H3/b12-11+. The number of nitriles is 1. The van der Waals surface area contributed by atoms with E-state index in [2.05, 4.69) is 38.6 Å². The Morgan fingerprint density at radius 3 is 2.00 bits per heavy atom. The summed E-state index contributed by atoms with van der Waals surface area (Å²) in [6.45, 7) is 6.92. The highest BCUT2D eigenvalue weighted by molar-refractivity contribution is 6.84. The van der Waals surface area contributed by atoms with Crippen LogP contribution in [0.15, 0.2) is 30.0 Å². The Morgan fingerprint density at radius 1 is 1.06 bits per heavy atom. The molecule has 0 saturated heterocycles. The Kier molecular flexibility index (Phi) is 5.18. The maximum Gasteiger partial charge on any atom is 0.0991 e. The molecule has 0 aliphatic carbocycles. The van der Waals surface area contributed by atoms with Crippen LogP contribution in [0.3, 0.4) is 0 Å². The van der Waals surface area contributed by atoms with E-state index in [-0.39, 0.29) is 0 Å². The summed E-state index contributed by atoms with van der Waals surface area (Å²) in [4.78, 5) is 0. The molecule has 0 aromatic heterocycles. The molecule has 0 fully saturated rings. The van der Waals surface area contributed by atoms with Crippen LogP contribution in [0.25, 0.3) is 6.08 Å². The smallest absolute Gasteiger partial charge is 0.0991 e. The molecule has 0 radical (unpaired) electrons. The van der Waals surface area contributed by atoms with E-state index < -0.39 is 8.07 Å². The normalized spacial score (nSPS) is 11.6. The Balaban J connectivity index is 2.85. The van der Waals surface area contributed by atoms with Crippen molar-refractivity contribution in [1.82, 2.24) is 0 Å². The van der Waals surface area contributed by atoms with Crippen molar-refractivity contribution in [2.75, 3.05) is 0 Å². The van der Waals surface area contributed by atoms with Gasteiger partial charge in [0.15, 0.2) is 0 Å². The maximum atomic E-state index is 8.74. The van der Waals surface area contributed by atoms with Crippen molar-refractivity contribution >= 4 is 14.1 Å². The number of benzene rings is 1. The van der Waals surface area contributed by atoms with Crippen LogP contribution in [0.5, 0.6) is 0 Å². The first-order chi connectivity index (χ1) is 8.19. The highest BCUT2D eigenvalue weighted by atomic mass is 28.3. The first-order valence-electron chi connectivity index (χ1n) is 6.39. The van der Waals surface area contributed by atoms with E-state index in [0.717, 1.165) is 5.56 Å². The minimum Gasteiger partial charge on any atom is -0.192 e. The summed E-state index contributed by atoms with van der Waals surface area (Å²) in [6.07, 6.45) is 2.24. The van der Waals surface area contributed by atoms with E-state index >= 15 is 0 Å². The van der Waals surface area contributed by atoms with Gasteiger partial charge >= 0.3 is 0 Å². The maximum absolute atomic E-state index is 8.74. The van der Waals surface area contributed by atoms with Crippen LogP contribution in [-0.2, 0) is 0 Å². The average Bonchev–Trinajstić information content (AvgIpc) is 2.41. The molecule has 0 amide bonds. The molecule has 1 rings (SSSR count). The van der Waals surface area contributed by atoms with Crippen LogP contribution in [0, 0.1) is 11.3 Å². The number of hydrogen-bond donors (Lipinski definition) is 0. The Labute approximate surface area is 106 Å². The molecule has 0 N–H and O–H groups in total. The fourth-order valence-corrected chi connectivity index (χ4v) is 4.80. The second-order valence-corrected chi connectivity index (χ2v) is 9.67. The fraction of sp³-hybridized carbons (Fsp3) is 0.400. The number of nitrogens with zero attached hydrogens (tertiary/aromatic N) is 1. The van der Waals surface area contributed by atoms with Gasteiger partial charge in [-0.2, -0.15) is 5.26 Å². The molecule has 0 aliphatic heterocycles. The zero-order chi connectivity index (χ0) is 12.7. The predicted molar refractivity (Wildman–Crippen MR) is 77.4 cm³/mol. The minimum absolute atomic E-state index is 0.729. The molecule has 17 heavy (non-hydrogen) atoms. The molecule has 1 aromatic rings. The van der Waals surface area contributed by atoms with Gasteiger partial charge in [-0.05, 0) is 17.7 Å². The monoisotopic (exact) mass is 243 g/mol. The summed E-state index contributed by atoms with van der Waals surface area (Å²) < 4.78 is 0. The zero-order valence-electron chi connectivity index (χ0n) is 11.0. The molecule has 0 aliphatic rings. The van der Waals surface area contributed by atoms with Crippen LogP contribution in [0.4, 0.5) is 0 Å². The Bertz CT molecular complexity index is 399. The highest BCUT2D eigenvalue weighted by Gasteiger charge is 2.22. The van der Waals surface area contributed by atoms with Crippen molar-refractivity contribution in [2.24, 2.45) is 0 Å². The van der Waals surface area contributed by atoms with Gasteiger partial charge in [-0.3, -0.25) is 0 Å². The average molecular weight is 243 g/mol. The van der Waals surface area contributed by atoms with Crippen molar-refractivity contribution in [3.8, 4) is 6.07 Å². The van der Waals surface area contributed by atoms with E-state index in [1.54, 1.807) is 0 Å². The molecule has 90 valence electrons. The van der Waals surface area contributed by atoms with Gasteiger partial charge in [0.25, 0.3) is 0 Å². The molecule has 0 bridgehead atoms. The van der Waals surface area contributed by atoms with E-state index in [9.17, 15) is 0 Å². The molecule has 0 unspecified atom stereocenters. The van der Waals surface area contributed by atoms with Crippen LogP contribution < -0.4 is 0 Å². The Hall–Kier alpha value is -1.33. The minimum atomic E-state index is -1.17. The van der Waals surface area contributed by atoms with Crippen LogP contribution in [0.2, 0.25) is 18.1 Å². The van der Waals surface area contributed by atoms with Gasteiger partial charge in [0.1, 0.15) is 0 Å². The fourth-order valence-electron chi connectivity index (χ4n) is 2.05. The lowest BCUT2D eigenvalue weighted by Crippen LogP contribution is -2.28. The number of rotatable bonds is 5. The third-order valence-electron chi connectivity index (χ3n) is 3.78. The van der Waals surface area contributed by atoms with Crippen LogP contribution >= 0.6 is 0 Å². The molecule has 0 heterocycles. The topological polar surface area (TPSA) is 23.8 Å². The van der Waals surface area contributed by atoms with E-state index in [0.29, 0.717) is 0 Å². The van der Waals surface area contributed by atoms with E-state index in [1.165, 1.54) is 23.7 Å². The van der Waals surface area contributed by atoms with Crippen molar-refractivity contribution in [3.05, 3.63) is 41.1 Å². The first kappa shape index (κ1) is 13.7. The lowest BCUT2D eigenvalue weighted by Gasteiger charge is -2.23. The Morgan fingerprint density at radius 2 is 1.59 bits per heavy atom.